The van der Waals surface area contributed by atoms with Crippen LogP contribution in [0.15, 0.2) is 60.7 Å². The quantitative estimate of drug-likeness (QED) is 0.651. The van der Waals surface area contributed by atoms with Gasteiger partial charge in [0.05, 0.1) is 0 Å². The van der Waals surface area contributed by atoms with Gasteiger partial charge in [-0.2, -0.15) is 0 Å². The molecule has 1 aromatic carbocycles. The zero-order valence-electron chi connectivity index (χ0n) is 11.3. The molecule has 0 amide bonds. The molecule has 2 N–H and O–H groups in total. The standard InChI is InChI=1S/C10H6O2.C6H6O4/c11-9-5-6-10(12)8-4-2-1-3-7(8)9;7-5(8)3-1-2-4-6(9)10/h1-6H;1-4H,(H,7,8)(H,9,10). The first-order valence-corrected chi connectivity index (χ1v) is 6.08. The molecule has 1 aromatic rings. The number of fused-ring (bicyclic) bond motifs is 1. The summed E-state index contributed by atoms with van der Waals surface area (Å²) >= 11 is 0. The van der Waals surface area contributed by atoms with Gasteiger partial charge in [-0.15, -0.1) is 0 Å². The molecule has 6 heteroatoms. The van der Waals surface area contributed by atoms with Gasteiger partial charge in [-0.25, -0.2) is 9.59 Å². The van der Waals surface area contributed by atoms with Crippen molar-refractivity contribution in [2.24, 2.45) is 0 Å². The van der Waals surface area contributed by atoms with Crippen molar-refractivity contribution in [3.05, 3.63) is 71.8 Å². The first-order valence-electron chi connectivity index (χ1n) is 6.08. The first-order chi connectivity index (χ1) is 10.4. The molecule has 1 aliphatic rings. The van der Waals surface area contributed by atoms with E-state index in [1.54, 1.807) is 24.3 Å². The lowest BCUT2D eigenvalue weighted by Gasteiger charge is -2.06. The molecule has 0 heterocycles. The second-order valence-electron chi connectivity index (χ2n) is 4.00. The summed E-state index contributed by atoms with van der Waals surface area (Å²) in [7, 11) is 0. The topological polar surface area (TPSA) is 109 Å². The molecule has 6 nitrogen and oxygen atoms in total. The molecule has 0 spiro atoms. The number of carboxylic acids is 2. The van der Waals surface area contributed by atoms with Crippen LogP contribution in [0.25, 0.3) is 0 Å². The second kappa shape index (κ2) is 8.11. The number of benzene rings is 1. The van der Waals surface area contributed by atoms with Gasteiger partial charge in [-0.3, -0.25) is 9.59 Å². The molecule has 0 fully saturated rings. The average Bonchev–Trinajstić information content (AvgIpc) is 2.48. The number of carboxylic acid groups (broad SMARTS) is 2. The largest absolute Gasteiger partial charge is 0.478 e. The van der Waals surface area contributed by atoms with Gasteiger partial charge < -0.3 is 10.2 Å². The fourth-order valence-electron chi connectivity index (χ4n) is 1.52. The number of ketones is 2. The van der Waals surface area contributed by atoms with Gasteiger partial charge in [0, 0.05) is 23.3 Å². The van der Waals surface area contributed by atoms with Crippen LogP contribution in [0.5, 0.6) is 0 Å². The molecule has 0 unspecified atom stereocenters. The van der Waals surface area contributed by atoms with Crippen molar-refractivity contribution in [1.82, 2.24) is 0 Å². The highest BCUT2D eigenvalue weighted by molar-refractivity contribution is 6.21. The number of allylic oxidation sites excluding steroid dienone is 4. The van der Waals surface area contributed by atoms with E-state index in [4.69, 9.17) is 10.2 Å². The van der Waals surface area contributed by atoms with Crippen molar-refractivity contribution < 1.29 is 29.4 Å². The smallest absolute Gasteiger partial charge is 0.328 e. The summed E-state index contributed by atoms with van der Waals surface area (Å²) in [5.41, 5.74) is 1.01. The summed E-state index contributed by atoms with van der Waals surface area (Å²) in [6, 6.07) is 6.84. The summed E-state index contributed by atoms with van der Waals surface area (Å²) in [6.07, 6.45) is 6.58. The van der Waals surface area contributed by atoms with E-state index in [2.05, 4.69) is 0 Å². The lowest BCUT2D eigenvalue weighted by molar-refractivity contribution is -0.132. The van der Waals surface area contributed by atoms with E-state index in [9.17, 15) is 19.2 Å². The van der Waals surface area contributed by atoms with Crippen LogP contribution in [0.1, 0.15) is 20.7 Å². The third-order valence-electron chi connectivity index (χ3n) is 2.43. The van der Waals surface area contributed by atoms with Gasteiger partial charge >= 0.3 is 11.9 Å². The summed E-state index contributed by atoms with van der Waals surface area (Å²) in [4.78, 5) is 41.9. The molecule has 0 bridgehead atoms. The molecule has 2 rings (SSSR count). The maximum Gasteiger partial charge on any atom is 0.328 e. The summed E-state index contributed by atoms with van der Waals surface area (Å²) in [5.74, 6) is -2.39. The van der Waals surface area contributed by atoms with Crippen LogP contribution < -0.4 is 0 Å². The van der Waals surface area contributed by atoms with E-state index in [1.807, 2.05) is 0 Å². The van der Waals surface area contributed by atoms with Crippen molar-refractivity contribution in [3.63, 3.8) is 0 Å². The minimum absolute atomic E-state index is 0.0924. The summed E-state index contributed by atoms with van der Waals surface area (Å²) < 4.78 is 0. The average molecular weight is 300 g/mol. The van der Waals surface area contributed by atoms with Gasteiger partial charge in [-0.05, 0) is 12.2 Å². The maximum absolute atomic E-state index is 11.2. The van der Waals surface area contributed by atoms with Crippen LogP contribution in [-0.2, 0) is 9.59 Å². The second-order valence-corrected chi connectivity index (χ2v) is 4.00. The Labute approximate surface area is 125 Å². The third kappa shape index (κ3) is 5.38. The van der Waals surface area contributed by atoms with Crippen LogP contribution in [0.2, 0.25) is 0 Å². The van der Waals surface area contributed by atoms with Gasteiger partial charge in [0.2, 0.25) is 0 Å². The highest BCUT2D eigenvalue weighted by atomic mass is 16.4. The van der Waals surface area contributed by atoms with Crippen LogP contribution in [-0.4, -0.2) is 33.7 Å². The van der Waals surface area contributed by atoms with E-state index in [-0.39, 0.29) is 11.6 Å². The fourth-order valence-corrected chi connectivity index (χ4v) is 1.52. The van der Waals surface area contributed by atoms with E-state index >= 15 is 0 Å². The predicted molar refractivity (Wildman–Crippen MR) is 77.8 cm³/mol. The van der Waals surface area contributed by atoms with Crippen LogP contribution in [0, 0.1) is 0 Å². The van der Waals surface area contributed by atoms with E-state index in [0.717, 1.165) is 24.3 Å². The molecular weight excluding hydrogens is 288 g/mol. The summed E-state index contributed by atoms with van der Waals surface area (Å²) in [6.45, 7) is 0. The van der Waals surface area contributed by atoms with Gasteiger partial charge in [-0.1, -0.05) is 36.4 Å². The third-order valence-corrected chi connectivity index (χ3v) is 2.43. The molecule has 0 radical (unpaired) electrons. The molecule has 0 aromatic heterocycles. The monoisotopic (exact) mass is 300 g/mol. The molecule has 22 heavy (non-hydrogen) atoms. The zero-order valence-corrected chi connectivity index (χ0v) is 11.3. The highest BCUT2D eigenvalue weighted by Crippen LogP contribution is 2.15. The van der Waals surface area contributed by atoms with Crippen molar-refractivity contribution in [2.45, 2.75) is 0 Å². The minimum Gasteiger partial charge on any atom is -0.478 e. The number of rotatable bonds is 3. The number of aliphatic carboxylic acids is 2. The normalized spacial score (nSPS) is 12.9. The first kappa shape index (κ1) is 16.8. The van der Waals surface area contributed by atoms with Gasteiger partial charge in [0.1, 0.15) is 0 Å². The SMILES string of the molecule is O=C(O)C=CC=CC(=O)O.O=C1C=CC(=O)c2ccccc21. The Morgan fingerprint density at radius 2 is 1.14 bits per heavy atom. The van der Waals surface area contributed by atoms with Crippen molar-refractivity contribution in [2.75, 3.05) is 0 Å². The minimum atomic E-state index is -1.10. The molecular formula is C16H12O6. The maximum atomic E-state index is 11.2. The summed E-state index contributed by atoms with van der Waals surface area (Å²) in [5, 5.41) is 16.0. The van der Waals surface area contributed by atoms with E-state index in [1.165, 1.54) is 12.2 Å². The van der Waals surface area contributed by atoms with Crippen LogP contribution in [0.4, 0.5) is 0 Å². The molecule has 0 saturated carbocycles. The molecule has 112 valence electrons. The molecule has 1 aliphatic carbocycles. The van der Waals surface area contributed by atoms with Crippen molar-refractivity contribution in [3.8, 4) is 0 Å². The van der Waals surface area contributed by atoms with E-state index in [0.29, 0.717) is 11.1 Å². The number of hydrogen-bond donors (Lipinski definition) is 2. The molecule has 0 saturated heterocycles. The highest BCUT2D eigenvalue weighted by Gasteiger charge is 2.16. The predicted octanol–water partition coefficient (Wildman–Crippen LogP) is 1.89. The fraction of sp³-hybridized carbons (Fsp3) is 0. The van der Waals surface area contributed by atoms with Gasteiger partial charge in [0.15, 0.2) is 11.6 Å². The lowest BCUT2D eigenvalue weighted by Crippen LogP contribution is -2.10. The Morgan fingerprint density at radius 3 is 1.45 bits per heavy atom. The van der Waals surface area contributed by atoms with Gasteiger partial charge in [0.25, 0.3) is 0 Å². The van der Waals surface area contributed by atoms with Crippen molar-refractivity contribution in [1.29, 1.82) is 0 Å². The van der Waals surface area contributed by atoms with Crippen LogP contribution in [0.3, 0.4) is 0 Å². The Kier molecular flexibility index (Phi) is 6.18. The Morgan fingerprint density at radius 1 is 0.773 bits per heavy atom. The molecule has 0 aliphatic heterocycles. The van der Waals surface area contributed by atoms with Crippen LogP contribution >= 0.6 is 0 Å². The lowest BCUT2D eigenvalue weighted by atomic mass is 9.95. The Bertz CT molecular complexity index is 635. The Hall–Kier alpha value is -3.28. The zero-order chi connectivity index (χ0) is 16.5. The molecule has 0 atom stereocenters. The number of carbonyl (C=O) groups excluding carboxylic acids is 2. The Balaban J connectivity index is 0.000000225. The van der Waals surface area contributed by atoms with E-state index < -0.39 is 11.9 Å². The van der Waals surface area contributed by atoms with Crippen molar-refractivity contribution >= 4 is 23.5 Å². The number of carbonyl (C=O) groups is 4. The number of hydrogen-bond acceptors (Lipinski definition) is 4.